The van der Waals surface area contributed by atoms with Crippen LogP contribution in [0.5, 0.6) is 28.7 Å². The Balaban J connectivity index is 1.37. The van der Waals surface area contributed by atoms with Crippen molar-refractivity contribution < 1.29 is 28.5 Å². The third kappa shape index (κ3) is 7.59. The van der Waals surface area contributed by atoms with Crippen LogP contribution in [0.25, 0.3) is 0 Å². The standard InChI is InChI=1S/C33H21Cl7N2O6/c1-2-44-24-9-15(4-8-22(24)45-13-16-3-5-17(34)10-21(16)35)26-19-7-6-18(11-23(19)48-33(42)20(26)12-41)47-25(43)14-46-32-30(39)28(37)27(36)29(38)31(32)40/h3-11,26H,2,13-14,42H2,1H3. The molecule has 1 unspecified atom stereocenters. The van der Waals surface area contributed by atoms with Gasteiger partial charge in [-0.2, -0.15) is 5.26 Å². The Kier molecular flexibility index (Phi) is 11.5. The van der Waals surface area contributed by atoms with Crippen LogP contribution in [-0.2, 0) is 11.4 Å². The van der Waals surface area contributed by atoms with E-state index in [1.807, 2.05) is 6.92 Å². The molecule has 1 aliphatic heterocycles. The highest BCUT2D eigenvalue weighted by atomic mass is 35.5. The Morgan fingerprint density at radius 1 is 0.854 bits per heavy atom. The zero-order chi connectivity index (χ0) is 34.7. The summed E-state index contributed by atoms with van der Waals surface area (Å²) < 4.78 is 28.6. The molecule has 0 amide bonds. The van der Waals surface area contributed by atoms with Crippen LogP contribution in [0, 0.1) is 11.3 Å². The molecule has 5 rings (SSSR count). The van der Waals surface area contributed by atoms with Gasteiger partial charge in [0.1, 0.15) is 39.8 Å². The summed E-state index contributed by atoms with van der Waals surface area (Å²) in [6, 6.07) is 17.2. The normalized spacial score (nSPS) is 13.7. The van der Waals surface area contributed by atoms with Crippen molar-refractivity contribution in [2.45, 2.75) is 19.4 Å². The number of carbonyl (C=O) groups is 1. The van der Waals surface area contributed by atoms with Gasteiger partial charge >= 0.3 is 5.97 Å². The van der Waals surface area contributed by atoms with Crippen LogP contribution in [0.15, 0.2) is 66.1 Å². The molecular formula is C33H21Cl7N2O6. The van der Waals surface area contributed by atoms with Crippen LogP contribution < -0.4 is 29.4 Å². The van der Waals surface area contributed by atoms with Crippen molar-refractivity contribution in [1.29, 1.82) is 5.26 Å². The van der Waals surface area contributed by atoms with E-state index in [-0.39, 0.29) is 60.4 Å². The molecule has 248 valence electrons. The predicted octanol–water partition coefficient (Wildman–Crippen LogP) is 10.4. The lowest BCUT2D eigenvalue weighted by atomic mass is 9.83. The minimum absolute atomic E-state index is 0.0543. The summed E-state index contributed by atoms with van der Waals surface area (Å²) in [5.74, 6) is -0.422. The fourth-order valence-corrected chi connectivity index (χ4v) is 6.42. The average molecular weight is 790 g/mol. The van der Waals surface area contributed by atoms with Gasteiger partial charge in [-0.1, -0.05) is 99.4 Å². The zero-order valence-electron chi connectivity index (χ0n) is 24.5. The van der Waals surface area contributed by atoms with Gasteiger partial charge in [0.15, 0.2) is 23.9 Å². The molecule has 0 fully saturated rings. The van der Waals surface area contributed by atoms with Gasteiger partial charge in [-0.15, -0.1) is 0 Å². The fraction of sp³-hybridized carbons (Fsp3) is 0.152. The SMILES string of the molecule is CCOc1cc(C2C(C#N)=C(N)Oc3cc(OC(=O)COc4c(Cl)c(Cl)c(Cl)c(Cl)c4Cl)ccc32)ccc1OCc1ccc(Cl)cc1Cl. The Morgan fingerprint density at radius 3 is 2.23 bits per heavy atom. The maximum atomic E-state index is 12.7. The van der Waals surface area contributed by atoms with Crippen molar-refractivity contribution in [1.82, 2.24) is 0 Å². The minimum atomic E-state index is -0.810. The molecule has 48 heavy (non-hydrogen) atoms. The Bertz CT molecular complexity index is 1970. The fourth-order valence-electron chi connectivity index (χ4n) is 4.73. The number of nitriles is 1. The molecule has 0 saturated heterocycles. The number of halogens is 7. The highest BCUT2D eigenvalue weighted by Crippen LogP contribution is 2.48. The van der Waals surface area contributed by atoms with E-state index in [0.717, 1.165) is 5.56 Å². The highest BCUT2D eigenvalue weighted by Gasteiger charge is 2.32. The van der Waals surface area contributed by atoms with E-state index in [4.69, 9.17) is 111 Å². The summed E-state index contributed by atoms with van der Waals surface area (Å²) in [4.78, 5) is 12.7. The van der Waals surface area contributed by atoms with Crippen LogP contribution in [0.1, 0.15) is 29.5 Å². The molecule has 0 radical (unpaired) electrons. The Morgan fingerprint density at radius 2 is 1.56 bits per heavy atom. The van der Waals surface area contributed by atoms with Crippen LogP contribution in [0.2, 0.25) is 35.2 Å². The molecule has 0 aliphatic carbocycles. The van der Waals surface area contributed by atoms with Gasteiger partial charge in [-0.05, 0) is 42.8 Å². The van der Waals surface area contributed by atoms with Gasteiger partial charge in [0.2, 0.25) is 5.88 Å². The number of nitrogens with zero attached hydrogens (tertiary/aromatic N) is 1. The molecule has 1 heterocycles. The summed E-state index contributed by atoms with van der Waals surface area (Å²) in [5.41, 5.74) is 8.37. The van der Waals surface area contributed by atoms with E-state index in [1.165, 1.54) is 12.1 Å². The lowest BCUT2D eigenvalue weighted by Gasteiger charge is -2.27. The Labute approximate surface area is 310 Å². The summed E-state index contributed by atoms with van der Waals surface area (Å²) in [7, 11) is 0. The lowest BCUT2D eigenvalue weighted by Crippen LogP contribution is -2.22. The maximum absolute atomic E-state index is 12.7. The van der Waals surface area contributed by atoms with Crippen LogP contribution in [-0.4, -0.2) is 19.2 Å². The largest absolute Gasteiger partial charge is 0.490 e. The second kappa shape index (κ2) is 15.4. The monoisotopic (exact) mass is 786 g/mol. The van der Waals surface area contributed by atoms with Gasteiger partial charge in [-0.3, -0.25) is 0 Å². The summed E-state index contributed by atoms with van der Waals surface area (Å²) in [6.07, 6.45) is 0. The maximum Gasteiger partial charge on any atom is 0.349 e. The first-order valence-electron chi connectivity index (χ1n) is 13.8. The third-order valence-corrected chi connectivity index (χ3v) is 9.75. The first-order chi connectivity index (χ1) is 22.9. The highest BCUT2D eigenvalue weighted by molar-refractivity contribution is 6.55. The number of allylic oxidation sites excluding steroid dienone is 1. The van der Waals surface area contributed by atoms with E-state index in [2.05, 4.69) is 6.07 Å². The van der Waals surface area contributed by atoms with E-state index in [1.54, 1.807) is 42.5 Å². The van der Waals surface area contributed by atoms with E-state index >= 15 is 0 Å². The molecule has 1 aliphatic rings. The van der Waals surface area contributed by atoms with Crippen molar-refractivity contribution in [3.05, 3.63) is 118 Å². The number of hydrogen-bond donors (Lipinski definition) is 1. The number of ether oxygens (including phenoxy) is 5. The quantitative estimate of drug-likeness (QED) is 0.0731. The molecule has 0 spiro atoms. The predicted molar refractivity (Wildman–Crippen MR) is 187 cm³/mol. The van der Waals surface area contributed by atoms with Gasteiger partial charge in [0.25, 0.3) is 0 Å². The van der Waals surface area contributed by atoms with Crippen molar-refractivity contribution in [2.75, 3.05) is 13.2 Å². The lowest BCUT2D eigenvalue weighted by molar-refractivity contribution is -0.136. The minimum Gasteiger partial charge on any atom is -0.490 e. The van der Waals surface area contributed by atoms with Crippen LogP contribution in [0.3, 0.4) is 0 Å². The Hall–Kier alpha value is -3.39. The summed E-state index contributed by atoms with van der Waals surface area (Å²) in [5, 5.41) is 10.6. The molecule has 8 nitrogen and oxygen atoms in total. The smallest absolute Gasteiger partial charge is 0.349 e. The molecule has 1 atom stereocenters. The van der Waals surface area contributed by atoms with Crippen molar-refractivity contribution >= 4 is 87.2 Å². The topological polar surface area (TPSA) is 113 Å². The third-order valence-electron chi connectivity index (χ3n) is 6.93. The summed E-state index contributed by atoms with van der Waals surface area (Å²) >= 11 is 42.8. The van der Waals surface area contributed by atoms with Gasteiger partial charge in [-0.25, -0.2) is 4.79 Å². The molecular weight excluding hydrogens is 769 g/mol. The first kappa shape index (κ1) is 35.9. The number of hydrogen-bond acceptors (Lipinski definition) is 8. The van der Waals surface area contributed by atoms with Gasteiger partial charge in [0, 0.05) is 27.2 Å². The second-order valence-electron chi connectivity index (χ2n) is 9.95. The van der Waals surface area contributed by atoms with Gasteiger partial charge in [0.05, 0.1) is 27.6 Å². The molecule has 4 aromatic rings. The first-order valence-corrected chi connectivity index (χ1v) is 16.5. The van der Waals surface area contributed by atoms with Crippen molar-refractivity contribution in [3.8, 4) is 34.8 Å². The number of carbonyl (C=O) groups excluding carboxylic acids is 1. The van der Waals surface area contributed by atoms with E-state index < -0.39 is 18.5 Å². The van der Waals surface area contributed by atoms with Gasteiger partial charge < -0.3 is 29.4 Å². The molecule has 0 aromatic heterocycles. The number of nitrogens with two attached hydrogens (primary N) is 1. The van der Waals surface area contributed by atoms with Crippen LogP contribution in [0.4, 0.5) is 0 Å². The zero-order valence-corrected chi connectivity index (χ0v) is 29.8. The number of benzene rings is 4. The van der Waals surface area contributed by atoms with E-state index in [0.29, 0.717) is 39.3 Å². The number of fused-ring (bicyclic) bond motifs is 1. The molecule has 0 saturated carbocycles. The number of rotatable bonds is 10. The van der Waals surface area contributed by atoms with Crippen molar-refractivity contribution in [3.63, 3.8) is 0 Å². The second-order valence-corrected chi connectivity index (χ2v) is 12.7. The molecule has 4 aromatic carbocycles. The molecule has 2 N–H and O–H groups in total. The molecule has 15 heteroatoms. The summed E-state index contributed by atoms with van der Waals surface area (Å²) in [6.45, 7) is 1.75. The van der Waals surface area contributed by atoms with Crippen LogP contribution >= 0.6 is 81.2 Å². The number of esters is 1. The van der Waals surface area contributed by atoms with E-state index in [9.17, 15) is 10.1 Å². The molecule has 0 bridgehead atoms. The van der Waals surface area contributed by atoms with Crippen molar-refractivity contribution in [2.24, 2.45) is 5.73 Å². The average Bonchev–Trinajstić information content (AvgIpc) is 3.06.